The fourth-order valence-electron chi connectivity index (χ4n) is 5.91. The van der Waals surface area contributed by atoms with Gasteiger partial charge in [0.15, 0.2) is 0 Å². The lowest BCUT2D eigenvalue weighted by Gasteiger charge is -2.50. The summed E-state index contributed by atoms with van der Waals surface area (Å²) in [5.74, 6) is 0.920. The molecule has 1 aromatic heterocycles. The largest absolute Gasteiger partial charge is 0.403 e. The second kappa shape index (κ2) is 8.40. The van der Waals surface area contributed by atoms with Crippen molar-refractivity contribution in [3.63, 3.8) is 0 Å². The molecule has 2 saturated carbocycles. The molecule has 0 spiro atoms. The third kappa shape index (κ3) is 4.00. The predicted molar refractivity (Wildman–Crippen MR) is 138 cm³/mol. The summed E-state index contributed by atoms with van der Waals surface area (Å²) in [6.45, 7) is 6.86. The Hall–Kier alpha value is -2.26. The van der Waals surface area contributed by atoms with E-state index in [1.165, 1.54) is 11.8 Å². The zero-order valence-electron chi connectivity index (χ0n) is 20.4. The van der Waals surface area contributed by atoms with Gasteiger partial charge in [0.25, 0.3) is 0 Å². The van der Waals surface area contributed by atoms with Crippen LogP contribution in [0.4, 0.5) is 5.95 Å². The van der Waals surface area contributed by atoms with Crippen LogP contribution in [0.15, 0.2) is 35.2 Å². The van der Waals surface area contributed by atoms with Crippen LogP contribution in [0.3, 0.4) is 0 Å². The molecule has 1 aromatic carbocycles. The van der Waals surface area contributed by atoms with E-state index >= 15 is 0 Å². The molecule has 3 N–H and O–H groups in total. The van der Waals surface area contributed by atoms with E-state index in [1.54, 1.807) is 19.5 Å². The first-order chi connectivity index (χ1) is 16.9. The van der Waals surface area contributed by atoms with Gasteiger partial charge in [0.1, 0.15) is 0 Å². The molecule has 2 aliphatic carbocycles. The van der Waals surface area contributed by atoms with Crippen molar-refractivity contribution in [1.82, 2.24) is 14.9 Å². The molecular formula is C26H33ClN6O2. The van der Waals surface area contributed by atoms with Crippen molar-refractivity contribution in [1.29, 1.82) is 0 Å². The van der Waals surface area contributed by atoms with Crippen molar-refractivity contribution < 1.29 is 9.47 Å². The van der Waals surface area contributed by atoms with Crippen LogP contribution in [0.2, 0.25) is 5.02 Å². The number of benzene rings is 1. The first-order valence-corrected chi connectivity index (χ1v) is 12.8. The topological polar surface area (TPSA) is 97.9 Å². The number of ether oxygens (including phenoxy) is 2. The van der Waals surface area contributed by atoms with E-state index in [0.717, 1.165) is 74.5 Å². The highest BCUT2D eigenvalue weighted by atomic mass is 35.5. The fourth-order valence-corrected chi connectivity index (χ4v) is 6.24. The monoisotopic (exact) mass is 496 g/mol. The number of hydrogen-bond donors (Lipinski definition) is 2. The molecule has 0 atom stereocenters. The number of rotatable bonds is 8. The van der Waals surface area contributed by atoms with Crippen molar-refractivity contribution in [3.05, 3.63) is 40.8 Å². The molecular weight excluding hydrogens is 464 g/mol. The first kappa shape index (κ1) is 23.2. The quantitative estimate of drug-likeness (QED) is 0.537. The van der Waals surface area contributed by atoms with Crippen LogP contribution < -0.4 is 11.1 Å². The summed E-state index contributed by atoms with van der Waals surface area (Å²) >= 11 is 6.72. The number of nitrogens with two attached hydrogens (primary N) is 1. The molecule has 186 valence electrons. The SMILES string of the molecule is COCC12CC1(N=CC(=CN)Nc1ncc3cc(Cl)c(C4CCN(C5(C)COC5)CC4)cc3n1)C2. The lowest BCUT2D eigenvalue weighted by atomic mass is 9.86. The summed E-state index contributed by atoms with van der Waals surface area (Å²) in [5, 5.41) is 4.93. The summed E-state index contributed by atoms with van der Waals surface area (Å²) in [7, 11) is 1.75. The van der Waals surface area contributed by atoms with E-state index in [2.05, 4.69) is 28.2 Å². The lowest BCUT2D eigenvalue weighted by Crippen LogP contribution is -2.61. The maximum Gasteiger partial charge on any atom is 0.227 e. The van der Waals surface area contributed by atoms with E-state index in [4.69, 9.17) is 36.8 Å². The van der Waals surface area contributed by atoms with E-state index in [0.29, 0.717) is 17.6 Å². The summed E-state index contributed by atoms with van der Waals surface area (Å²) in [5.41, 5.74) is 9.09. The van der Waals surface area contributed by atoms with Gasteiger partial charge in [0, 0.05) is 41.5 Å². The Morgan fingerprint density at radius 2 is 2.11 bits per heavy atom. The molecule has 4 fully saturated rings. The Labute approximate surface area is 210 Å². The number of hydrogen-bond acceptors (Lipinski definition) is 8. The van der Waals surface area contributed by atoms with Gasteiger partial charge in [0.2, 0.25) is 5.95 Å². The molecule has 0 bridgehead atoms. The Kier molecular flexibility index (Phi) is 5.56. The summed E-state index contributed by atoms with van der Waals surface area (Å²) in [6, 6.07) is 4.12. The zero-order chi connectivity index (χ0) is 24.3. The molecule has 0 radical (unpaired) electrons. The average Bonchev–Trinajstić information content (AvgIpc) is 3.66. The van der Waals surface area contributed by atoms with Crippen LogP contribution in [0.25, 0.3) is 10.9 Å². The number of methoxy groups -OCH3 is 1. The lowest BCUT2D eigenvalue weighted by molar-refractivity contribution is -0.136. The standard InChI is InChI=1S/C26H33ClN6O2/c1-24(14-35-15-24)33-5-3-17(4-6-33)20-8-22-18(7-21(20)27)10-29-23(32-22)31-19(9-28)11-30-26-12-25(26,13-26)16-34-2/h7-11,17H,3-6,12-16,28H2,1-2H3,(H,29,31,32). The molecule has 4 aliphatic rings. The number of anilines is 1. The highest BCUT2D eigenvalue weighted by Crippen LogP contribution is 2.81. The number of likely N-dealkylation sites (tertiary alicyclic amines) is 1. The molecule has 0 unspecified atom stereocenters. The Balaban J connectivity index is 1.15. The fraction of sp³-hybridized carbons (Fsp3) is 0.577. The second-order valence-electron chi connectivity index (χ2n) is 11.0. The van der Waals surface area contributed by atoms with E-state index in [-0.39, 0.29) is 16.5 Å². The maximum absolute atomic E-state index is 6.72. The summed E-state index contributed by atoms with van der Waals surface area (Å²) in [4.78, 5) is 16.6. The first-order valence-electron chi connectivity index (χ1n) is 12.4. The van der Waals surface area contributed by atoms with E-state index in [9.17, 15) is 0 Å². The minimum Gasteiger partial charge on any atom is -0.403 e. The molecule has 2 aromatic rings. The van der Waals surface area contributed by atoms with Gasteiger partial charge in [-0.2, -0.15) is 0 Å². The van der Waals surface area contributed by atoms with Crippen LogP contribution in [0, 0.1) is 5.41 Å². The second-order valence-corrected chi connectivity index (χ2v) is 11.4. The number of nitrogens with one attached hydrogen (secondary N) is 1. The molecule has 0 amide bonds. The van der Waals surface area contributed by atoms with E-state index < -0.39 is 0 Å². The Morgan fingerprint density at radius 3 is 2.77 bits per heavy atom. The van der Waals surface area contributed by atoms with Crippen molar-refractivity contribution in [2.24, 2.45) is 16.1 Å². The Bertz CT molecular complexity index is 1200. The molecule has 9 heteroatoms. The third-order valence-electron chi connectivity index (χ3n) is 8.53. The minimum absolute atomic E-state index is 0.0491. The normalized spacial score (nSPS) is 30.3. The summed E-state index contributed by atoms with van der Waals surface area (Å²) < 4.78 is 10.8. The predicted octanol–water partition coefficient (Wildman–Crippen LogP) is 3.71. The molecule has 8 nitrogen and oxygen atoms in total. The van der Waals surface area contributed by atoms with Gasteiger partial charge in [-0.3, -0.25) is 9.89 Å². The third-order valence-corrected chi connectivity index (χ3v) is 8.86. The van der Waals surface area contributed by atoms with Crippen molar-refractivity contribution in [2.45, 2.75) is 49.6 Å². The average molecular weight is 497 g/mol. The van der Waals surface area contributed by atoms with Crippen LogP contribution in [0.1, 0.15) is 44.1 Å². The van der Waals surface area contributed by atoms with Gasteiger partial charge in [-0.05, 0) is 69.3 Å². The Morgan fingerprint density at radius 1 is 1.34 bits per heavy atom. The van der Waals surface area contributed by atoms with E-state index in [1.807, 2.05) is 6.07 Å². The molecule has 35 heavy (non-hydrogen) atoms. The number of aromatic nitrogens is 2. The highest BCUT2D eigenvalue weighted by Gasteiger charge is 2.83. The minimum atomic E-state index is 0.0491. The van der Waals surface area contributed by atoms with Crippen LogP contribution in [0.5, 0.6) is 0 Å². The van der Waals surface area contributed by atoms with Crippen LogP contribution >= 0.6 is 11.6 Å². The van der Waals surface area contributed by atoms with Gasteiger partial charge >= 0.3 is 0 Å². The van der Waals surface area contributed by atoms with Gasteiger partial charge in [-0.25, -0.2) is 9.97 Å². The van der Waals surface area contributed by atoms with Crippen molar-refractivity contribution in [2.75, 3.05) is 45.3 Å². The van der Waals surface area contributed by atoms with Crippen molar-refractivity contribution >= 4 is 34.7 Å². The smallest absolute Gasteiger partial charge is 0.227 e. The van der Waals surface area contributed by atoms with Crippen molar-refractivity contribution in [3.8, 4) is 0 Å². The number of halogens is 1. The van der Waals surface area contributed by atoms with Gasteiger partial charge in [0.05, 0.1) is 42.1 Å². The van der Waals surface area contributed by atoms with Gasteiger partial charge in [-0.1, -0.05) is 11.6 Å². The van der Waals surface area contributed by atoms with Gasteiger partial charge < -0.3 is 20.5 Å². The molecule has 6 rings (SSSR count). The molecule has 2 aliphatic heterocycles. The summed E-state index contributed by atoms with van der Waals surface area (Å²) in [6.07, 6.45) is 9.45. The maximum atomic E-state index is 6.72. The van der Waals surface area contributed by atoms with Crippen LogP contribution in [-0.4, -0.2) is 72.2 Å². The number of fused-ring (bicyclic) bond motifs is 2. The molecule has 2 saturated heterocycles. The number of nitrogens with zero attached hydrogens (tertiary/aromatic N) is 4. The number of piperidine rings is 1. The number of allylic oxidation sites excluding steroid dienone is 1. The zero-order valence-corrected chi connectivity index (χ0v) is 21.1. The molecule has 3 heterocycles. The van der Waals surface area contributed by atoms with Gasteiger partial charge in [-0.15, -0.1) is 0 Å². The number of aliphatic imine (C=N–C) groups is 1. The highest BCUT2D eigenvalue weighted by molar-refractivity contribution is 6.32. The van der Waals surface area contributed by atoms with Crippen LogP contribution in [-0.2, 0) is 9.47 Å².